The maximum absolute atomic E-state index is 12.6. The van der Waals surface area contributed by atoms with E-state index in [-0.39, 0.29) is 0 Å². The van der Waals surface area contributed by atoms with Crippen LogP contribution in [-0.4, -0.2) is 9.78 Å². The molecule has 7 heteroatoms. The third kappa shape index (κ3) is 3.00. The van der Waals surface area contributed by atoms with E-state index >= 15 is 0 Å². The van der Waals surface area contributed by atoms with Gasteiger partial charge in [0.2, 0.25) is 0 Å². The van der Waals surface area contributed by atoms with E-state index in [0.717, 1.165) is 40.4 Å². The lowest BCUT2D eigenvalue weighted by molar-refractivity contribution is -0.137. The molecular formula is C17H12BrF3N2O. The Labute approximate surface area is 144 Å². The summed E-state index contributed by atoms with van der Waals surface area (Å²) in [6, 6.07) is 8.72. The monoisotopic (exact) mass is 396 g/mol. The van der Waals surface area contributed by atoms with Crippen molar-refractivity contribution >= 4 is 26.8 Å². The van der Waals surface area contributed by atoms with Crippen molar-refractivity contribution in [2.45, 2.75) is 25.1 Å². The van der Waals surface area contributed by atoms with Gasteiger partial charge < -0.3 is 4.74 Å². The molecule has 0 radical (unpaired) electrons. The van der Waals surface area contributed by atoms with E-state index in [4.69, 9.17) is 4.74 Å². The van der Waals surface area contributed by atoms with E-state index in [9.17, 15) is 13.2 Å². The number of halogens is 4. The molecule has 3 nitrogen and oxygen atoms in total. The summed E-state index contributed by atoms with van der Waals surface area (Å²) in [6.45, 7) is 0. The van der Waals surface area contributed by atoms with E-state index in [1.807, 2.05) is 16.9 Å². The molecule has 24 heavy (non-hydrogen) atoms. The Hall–Kier alpha value is -2.02. The van der Waals surface area contributed by atoms with Crippen molar-refractivity contribution in [2.75, 3.05) is 0 Å². The van der Waals surface area contributed by atoms with Crippen molar-refractivity contribution in [3.63, 3.8) is 0 Å². The third-order valence-electron chi connectivity index (χ3n) is 3.89. The van der Waals surface area contributed by atoms with Crippen molar-refractivity contribution in [2.24, 2.45) is 0 Å². The number of hydrogen-bond acceptors (Lipinski definition) is 2. The summed E-state index contributed by atoms with van der Waals surface area (Å²) >= 11 is 3.48. The van der Waals surface area contributed by atoms with Gasteiger partial charge in [0.15, 0.2) is 0 Å². The lowest BCUT2D eigenvalue weighted by Gasteiger charge is -2.09. The van der Waals surface area contributed by atoms with E-state index in [1.165, 1.54) is 12.1 Å². The Morgan fingerprint density at radius 2 is 1.79 bits per heavy atom. The Morgan fingerprint density at radius 3 is 2.42 bits per heavy atom. The van der Waals surface area contributed by atoms with E-state index in [2.05, 4.69) is 21.0 Å². The van der Waals surface area contributed by atoms with E-state index in [0.29, 0.717) is 17.5 Å². The molecule has 0 N–H and O–H groups in total. The van der Waals surface area contributed by atoms with Crippen LogP contribution in [0.25, 0.3) is 10.9 Å². The highest BCUT2D eigenvalue weighted by Gasteiger charge is 2.30. The minimum absolute atomic E-state index is 0.351. The van der Waals surface area contributed by atoms with E-state index < -0.39 is 11.7 Å². The zero-order valence-corrected chi connectivity index (χ0v) is 13.9. The Balaban J connectivity index is 1.62. The average molecular weight is 397 g/mol. The van der Waals surface area contributed by atoms with Crippen LogP contribution in [0.1, 0.15) is 24.4 Å². The highest BCUT2D eigenvalue weighted by molar-refractivity contribution is 9.10. The second-order valence-corrected chi connectivity index (χ2v) is 6.66. The summed E-state index contributed by atoms with van der Waals surface area (Å²) in [4.78, 5) is 0. The fourth-order valence-corrected chi connectivity index (χ4v) is 3.05. The zero-order chi connectivity index (χ0) is 16.9. The van der Waals surface area contributed by atoms with Crippen molar-refractivity contribution in [3.8, 4) is 11.5 Å². The topological polar surface area (TPSA) is 27.1 Å². The number of ether oxygens (including phenoxy) is 1. The first-order chi connectivity index (χ1) is 11.4. The predicted molar refractivity (Wildman–Crippen MR) is 87.2 cm³/mol. The number of rotatable bonds is 3. The Kier molecular flexibility index (Phi) is 3.56. The van der Waals surface area contributed by atoms with Gasteiger partial charge in [-0.1, -0.05) is 0 Å². The molecule has 0 spiro atoms. The predicted octanol–water partition coefficient (Wildman–Crippen LogP) is 5.94. The standard InChI is InChI=1S/C17H12BrF3N2O/c18-15-8-14(7-10-9-23(12-3-4-12)22-16(10)15)24-13-5-1-11(2-6-13)17(19,20)21/h1-2,5-9,12H,3-4H2. The largest absolute Gasteiger partial charge is 0.457 e. The van der Waals surface area contributed by atoms with Crippen LogP contribution in [0.2, 0.25) is 0 Å². The summed E-state index contributed by atoms with van der Waals surface area (Å²) < 4.78 is 46.2. The molecule has 0 amide bonds. The van der Waals surface area contributed by atoms with Gasteiger partial charge in [-0.2, -0.15) is 18.3 Å². The molecule has 2 aromatic carbocycles. The molecule has 0 aliphatic heterocycles. The number of alkyl halides is 3. The quantitative estimate of drug-likeness (QED) is 0.547. The fourth-order valence-electron chi connectivity index (χ4n) is 2.52. The van der Waals surface area contributed by atoms with E-state index in [1.54, 1.807) is 6.07 Å². The van der Waals surface area contributed by atoms with Crippen molar-refractivity contribution < 1.29 is 17.9 Å². The van der Waals surface area contributed by atoms with Crippen molar-refractivity contribution in [1.82, 2.24) is 9.78 Å². The SMILES string of the molecule is FC(F)(F)c1ccc(Oc2cc(Br)c3nn(C4CC4)cc3c2)cc1. The highest BCUT2D eigenvalue weighted by atomic mass is 79.9. The molecule has 1 fully saturated rings. The smallest absolute Gasteiger partial charge is 0.416 e. The van der Waals surface area contributed by atoms with Gasteiger partial charge in [0.05, 0.1) is 11.6 Å². The molecule has 0 bridgehead atoms. The maximum Gasteiger partial charge on any atom is 0.416 e. The summed E-state index contributed by atoms with van der Waals surface area (Å²) in [5.41, 5.74) is 0.152. The van der Waals surface area contributed by atoms with Gasteiger partial charge in [0.25, 0.3) is 0 Å². The summed E-state index contributed by atoms with van der Waals surface area (Å²) in [7, 11) is 0. The summed E-state index contributed by atoms with van der Waals surface area (Å²) in [5, 5.41) is 5.48. The zero-order valence-electron chi connectivity index (χ0n) is 12.3. The van der Waals surface area contributed by atoms with Crippen molar-refractivity contribution in [1.29, 1.82) is 0 Å². The Bertz CT molecular complexity index is 899. The number of aromatic nitrogens is 2. The molecule has 1 saturated carbocycles. The van der Waals surface area contributed by atoms with Crippen LogP contribution in [0.5, 0.6) is 11.5 Å². The number of hydrogen-bond donors (Lipinski definition) is 0. The highest BCUT2D eigenvalue weighted by Crippen LogP contribution is 2.38. The molecule has 0 saturated heterocycles. The maximum atomic E-state index is 12.6. The van der Waals surface area contributed by atoms with Gasteiger partial charge in [0, 0.05) is 16.1 Å². The lowest BCUT2D eigenvalue weighted by Crippen LogP contribution is -2.03. The van der Waals surface area contributed by atoms with Crippen LogP contribution < -0.4 is 4.74 Å². The molecule has 3 aromatic rings. The molecule has 1 aliphatic carbocycles. The fraction of sp³-hybridized carbons (Fsp3) is 0.235. The summed E-state index contributed by atoms with van der Waals surface area (Å²) in [5.74, 6) is 0.897. The number of nitrogens with zero attached hydrogens (tertiary/aromatic N) is 2. The number of fused-ring (bicyclic) bond motifs is 1. The van der Waals surface area contributed by atoms with Crippen LogP contribution in [0, 0.1) is 0 Å². The summed E-state index contributed by atoms with van der Waals surface area (Å²) in [6.07, 6.45) is -0.101. The first-order valence-electron chi connectivity index (χ1n) is 7.44. The minimum atomic E-state index is -4.35. The van der Waals surface area contributed by atoms with Crippen LogP contribution in [0.4, 0.5) is 13.2 Å². The van der Waals surface area contributed by atoms with Gasteiger partial charge in [-0.15, -0.1) is 0 Å². The molecule has 1 aliphatic rings. The molecule has 1 aromatic heterocycles. The molecule has 0 unspecified atom stereocenters. The van der Waals surface area contributed by atoms with Crippen LogP contribution in [0.3, 0.4) is 0 Å². The van der Waals surface area contributed by atoms with Crippen LogP contribution in [0.15, 0.2) is 47.1 Å². The second kappa shape index (κ2) is 5.51. The van der Waals surface area contributed by atoms with Crippen molar-refractivity contribution in [3.05, 3.63) is 52.6 Å². The number of benzene rings is 2. The Morgan fingerprint density at radius 1 is 1.08 bits per heavy atom. The van der Waals surface area contributed by atoms with Crippen LogP contribution >= 0.6 is 15.9 Å². The van der Waals surface area contributed by atoms with Gasteiger partial charge in [-0.05, 0) is 65.2 Å². The van der Waals surface area contributed by atoms with Gasteiger partial charge >= 0.3 is 6.18 Å². The average Bonchev–Trinajstić information content (AvgIpc) is 3.27. The van der Waals surface area contributed by atoms with Gasteiger partial charge in [-0.3, -0.25) is 4.68 Å². The normalized spacial score (nSPS) is 15.0. The molecule has 124 valence electrons. The van der Waals surface area contributed by atoms with Gasteiger partial charge in [0.1, 0.15) is 17.0 Å². The first-order valence-corrected chi connectivity index (χ1v) is 8.23. The molecule has 0 atom stereocenters. The second-order valence-electron chi connectivity index (χ2n) is 5.81. The third-order valence-corrected chi connectivity index (χ3v) is 4.50. The minimum Gasteiger partial charge on any atom is -0.457 e. The lowest BCUT2D eigenvalue weighted by atomic mass is 10.2. The first kappa shape index (κ1) is 15.5. The molecular weight excluding hydrogens is 385 g/mol. The molecule has 1 heterocycles. The molecule has 4 rings (SSSR count). The van der Waals surface area contributed by atoms with Crippen LogP contribution in [-0.2, 0) is 6.18 Å². The van der Waals surface area contributed by atoms with Gasteiger partial charge in [-0.25, -0.2) is 0 Å².